The largest absolute Gasteiger partial charge is 0.288 e. The first-order valence-electron chi connectivity index (χ1n) is 4.59. The first-order valence-corrected chi connectivity index (χ1v) is 4.59. The molecule has 0 bridgehead atoms. The van der Waals surface area contributed by atoms with E-state index in [1.165, 1.54) is 0 Å². The zero-order valence-electron chi connectivity index (χ0n) is 8.33. The first kappa shape index (κ1) is 10.4. The van der Waals surface area contributed by atoms with Crippen molar-refractivity contribution in [3.05, 3.63) is 35.5 Å². The molecule has 0 aromatic carbocycles. The highest BCUT2D eigenvalue weighted by molar-refractivity contribution is 6.22. The predicted octanol–water partition coefficient (Wildman–Crippen LogP) is 1.48. The number of nitrogens with one attached hydrogen (secondary N) is 1. The molecule has 1 rings (SSSR count). The molecule has 74 valence electrons. The lowest BCUT2D eigenvalue weighted by atomic mass is 10.1. The van der Waals surface area contributed by atoms with Crippen molar-refractivity contribution in [3.63, 3.8) is 0 Å². The van der Waals surface area contributed by atoms with E-state index in [9.17, 15) is 9.59 Å². The number of carbonyl (C=O) groups is 2. The summed E-state index contributed by atoms with van der Waals surface area (Å²) in [5.41, 5.74) is 0.900. The summed E-state index contributed by atoms with van der Waals surface area (Å²) in [7, 11) is 0. The molecule has 0 atom stereocenters. The van der Waals surface area contributed by atoms with E-state index < -0.39 is 0 Å². The number of imide groups is 1. The predicted molar refractivity (Wildman–Crippen MR) is 54.4 cm³/mol. The minimum atomic E-state index is -0.316. The average Bonchev–Trinajstić information content (AvgIpc) is 2.40. The molecular formula is C11H13NO2. The molecule has 0 unspecified atom stereocenters. The van der Waals surface area contributed by atoms with Crippen LogP contribution < -0.4 is 5.32 Å². The van der Waals surface area contributed by atoms with Crippen molar-refractivity contribution in [1.29, 1.82) is 0 Å². The van der Waals surface area contributed by atoms with Gasteiger partial charge in [0.1, 0.15) is 0 Å². The maximum atomic E-state index is 11.3. The molecular weight excluding hydrogens is 178 g/mol. The summed E-state index contributed by atoms with van der Waals surface area (Å²) in [5, 5.41) is 2.26. The minimum absolute atomic E-state index is 0.312. The third kappa shape index (κ3) is 1.99. The van der Waals surface area contributed by atoms with Crippen molar-refractivity contribution < 1.29 is 9.59 Å². The van der Waals surface area contributed by atoms with Crippen molar-refractivity contribution in [1.82, 2.24) is 5.32 Å². The lowest BCUT2D eigenvalue weighted by molar-refractivity contribution is -0.123. The molecule has 3 heteroatoms. The van der Waals surface area contributed by atoms with Crippen molar-refractivity contribution in [3.8, 4) is 0 Å². The highest BCUT2D eigenvalue weighted by Crippen LogP contribution is 2.15. The Hall–Kier alpha value is -1.64. The highest BCUT2D eigenvalue weighted by atomic mass is 16.2. The first-order chi connectivity index (χ1) is 6.70. The summed E-state index contributed by atoms with van der Waals surface area (Å²) < 4.78 is 0. The van der Waals surface area contributed by atoms with Crippen LogP contribution in [0.15, 0.2) is 35.5 Å². The Bertz CT molecular complexity index is 348. The van der Waals surface area contributed by atoms with Crippen molar-refractivity contribution in [2.75, 3.05) is 0 Å². The fraction of sp³-hybridized carbons (Fsp3) is 0.273. The van der Waals surface area contributed by atoms with Gasteiger partial charge in [0, 0.05) is 0 Å². The third-order valence-corrected chi connectivity index (χ3v) is 1.86. The molecule has 3 nitrogen and oxygen atoms in total. The normalized spacial score (nSPS) is 17.6. The molecule has 14 heavy (non-hydrogen) atoms. The topological polar surface area (TPSA) is 46.2 Å². The van der Waals surface area contributed by atoms with Crippen LogP contribution in [0.2, 0.25) is 0 Å². The Balaban J connectivity index is 3.08. The standard InChI is InChI=1S/C11H13NO2/c1-3-5-7-9-8(6-4-2)10(13)12-11(9)14/h4-7H,3H2,1-2H3,(H,12,13,14)/b6-4-,7-5-. The summed E-state index contributed by atoms with van der Waals surface area (Å²) in [4.78, 5) is 22.6. The molecule has 1 heterocycles. The highest BCUT2D eigenvalue weighted by Gasteiger charge is 2.25. The Labute approximate surface area is 83.2 Å². The Kier molecular flexibility index (Phi) is 3.40. The van der Waals surface area contributed by atoms with Gasteiger partial charge in [-0.25, -0.2) is 0 Å². The number of hydrogen-bond donors (Lipinski definition) is 1. The van der Waals surface area contributed by atoms with Crippen LogP contribution >= 0.6 is 0 Å². The van der Waals surface area contributed by atoms with Gasteiger partial charge in [0.2, 0.25) is 0 Å². The van der Waals surface area contributed by atoms with E-state index in [4.69, 9.17) is 0 Å². The summed E-state index contributed by atoms with van der Waals surface area (Å²) in [6.45, 7) is 3.78. The quantitative estimate of drug-likeness (QED) is 0.687. The molecule has 0 aliphatic carbocycles. The van der Waals surface area contributed by atoms with Crippen LogP contribution in [0.4, 0.5) is 0 Å². The van der Waals surface area contributed by atoms with Gasteiger partial charge in [-0.2, -0.15) is 0 Å². The second-order valence-electron chi connectivity index (χ2n) is 2.92. The molecule has 0 aromatic rings. The minimum Gasteiger partial charge on any atom is -0.288 e. The van der Waals surface area contributed by atoms with Crippen LogP contribution in [0, 0.1) is 0 Å². The van der Waals surface area contributed by atoms with Crippen LogP contribution in [0.3, 0.4) is 0 Å². The van der Waals surface area contributed by atoms with Gasteiger partial charge in [0.15, 0.2) is 0 Å². The Morgan fingerprint density at radius 2 is 1.71 bits per heavy atom. The molecule has 0 saturated carbocycles. The van der Waals surface area contributed by atoms with E-state index in [1.54, 1.807) is 18.2 Å². The second-order valence-corrected chi connectivity index (χ2v) is 2.92. The summed E-state index contributed by atoms with van der Waals surface area (Å²) in [5.74, 6) is -0.628. The number of allylic oxidation sites excluding steroid dienone is 2. The van der Waals surface area contributed by atoms with Gasteiger partial charge in [-0.05, 0) is 13.3 Å². The summed E-state index contributed by atoms with van der Waals surface area (Å²) in [6.07, 6.45) is 7.78. The second kappa shape index (κ2) is 4.56. The maximum absolute atomic E-state index is 11.3. The number of rotatable bonds is 3. The lowest BCUT2D eigenvalue weighted by Gasteiger charge is -1.90. The molecule has 1 aliphatic rings. The zero-order valence-corrected chi connectivity index (χ0v) is 8.33. The van der Waals surface area contributed by atoms with E-state index in [0.717, 1.165) is 6.42 Å². The van der Waals surface area contributed by atoms with Gasteiger partial charge in [0.05, 0.1) is 11.1 Å². The SMILES string of the molecule is C/C=C\C1=C(/C=C\CC)C(=O)NC1=O. The van der Waals surface area contributed by atoms with Crippen LogP contribution in [-0.4, -0.2) is 11.8 Å². The molecule has 1 aliphatic heterocycles. The fourth-order valence-electron chi connectivity index (χ4n) is 1.22. The van der Waals surface area contributed by atoms with Gasteiger partial charge >= 0.3 is 0 Å². The molecule has 1 N–H and O–H groups in total. The van der Waals surface area contributed by atoms with E-state index in [0.29, 0.717) is 11.1 Å². The molecule has 0 radical (unpaired) electrons. The number of carbonyl (C=O) groups excluding carboxylic acids is 2. The Morgan fingerprint density at radius 1 is 1.14 bits per heavy atom. The maximum Gasteiger partial charge on any atom is 0.258 e. The third-order valence-electron chi connectivity index (χ3n) is 1.86. The van der Waals surface area contributed by atoms with Crippen LogP contribution in [0.25, 0.3) is 0 Å². The van der Waals surface area contributed by atoms with Gasteiger partial charge in [-0.15, -0.1) is 0 Å². The molecule has 2 amide bonds. The van der Waals surface area contributed by atoms with E-state index in [1.807, 2.05) is 19.9 Å². The van der Waals surface area contributed by atoms with Crippen LogP contribution in [0.5, 0.6) is 0 Å². The van der Waals surface area contributed by atoms with Crippen LogP contribution in [0.1, 0.15) is 20.3 Å². The van der Waals surface area contributed by atoms with E-state index in [2.05, 4.69) is 5.32 Å². The molecule has 0 spiro atoms. The number of hydrogen-bond acceptors (Lipinski definition) is 2. The van der Waals surface area contributed by atoms with Crippen molar-refractivity contribution in [2.24, 2.45) is 0 Å². The summed E-state index contributed by atoms with van der Waals surface area (Å²) in [6, 6.07) is 0. The summed E-state index contributed by atoms with van der Waals surface area (Å²) >= 11 is 0. The van der Waals surface area contributed by atoms with Gasteiger partial charge in [0.25, 0.3) is 11.8 Å². The molecule has 0 saturated heterocycles. The monoisotopic (exact) mass is 191 g/mol. The Morgan fingerprint density at radius 3 is 2.21 bits per heavy atom. The molecule has 0 fully saturated rings. The molecule has 0 aromatic heterocycles. The zero-order chi connectivity index (χ0) is 10.6. The lowest BCUT2D eigenvalue weighted by Crippen LogP contribution is -2.22. The van der Waals surface area contributed by atoms with Gasteiger partial charge in [-0.3, -0.25) is 14.9 Å². The van der Waals surface area contributed by atoms with E-state index >= 15 is 0 Å². The van der Waals surface area contributed by atoms with Crippen molar-refractivity contribution in [2.45, 2.75) is 20.3 Å². The average molecular weight is 191 g/mol. The van der Waals surface area contributed by atoms with Gasteiger partial charge in [-0.1, -0.05) is 31.2 Å². The van der Waals surface area contributed by atoms with Crippen LogP contribution in [-0.2, 0) is 9.59 Å². The van der Waals surface area contributed by atoms with Gasteiger partial charge < -0.3 is 0 Å². The smallest absolute Gasteiger partial charge is 0.258 e. The van der Waals surface area contributed by atoms with E-state index in [-0.39, 0.29) is 11.8 Å². The van der Waals surface area contributed by atoms with Crippen molar-refractivity contribution >= 4 is 11.8 Å². The number of amides is 2. The fourth-order valence-corrected chi connectivity index (χ4v) is 1.22.